The summed E-state index contributed by atoms with van der Waals surface area (Å²) in [6.07, 6.45) is 0. The number of nitrogens with zero attached hydrogens (tertiary/aromatic N) is 1. The molecule has 2 rings (SSSR count). The van der Waals surface area contributed by atoms with Crippen LogP contribution in [0.4, 0.5) is 0 Å². The van der Waals surface area contributed by atoms with Gasteiger partial charge in [-0.1, -0.05) is 23.2 Å². The normalized spacial score (nSPS) is 11.5. The number of hydrogen-bond acceptors (Lipinski definition) is 3. The smallest absolute Gasteiger partial charge is 0.267 e. The predicted octanol–water partition coefficient (Wildman–Crippen LogP) is 4.52. The van der Waals surface area contributed by atoms with E-state index in [9.17, 15) is 4.79 Å². The van der Waals surface area contributed by atoms with Gasteiger partial charge in [0.25, 0.3) is 5.91 Å². The fraction of sp³-hybridized carbons (Fsp3) is 0.143. The van der Waals surface area contributed by atoms with Gasteiger partial charge in [0, 0.05) is 10.4 Å². The van der Waals surface area contributed by atoms with Crippen LogP contribution in [0.2, 0.25) is 10.0 Å². The number of carbonyl (C=O) groups is 1. The van der Waals surface area contributed by atoms with Crippen LogP contribution in [-0.2, 0) is 0 Å². The first-order valence-corrected chi connectivity index (χ1v) is 7.41. The molecule has 0 atom stereocenters. The van der Waals surface area contributed by atoms with Gasteiger partial charge in [0.15, 0.2) is 0 Å². The second-order valence-corrected chi connectivity index (χ2v) is 6.28. The molecule has 3 nitrogen and oxygen atoms in total. The predicted molar refractivity (Wildman–Crippen MR) is 85.2 cm³/mol. The maximum absolute atomic E-state index is 11.9. The first kappa shape index (κ1) is 15.0. The SMILES string of the molecule is C/C(=N\NC(=O)c1ccc(Cl)c(Cl)c1)c1ccc(C)s1. The average Bonchev–Trinajstić information content (AvgIpc) is 2.85. The van der Waals surface area contributed by atoms with Gasteiger partial charge in [-0.25, -0.2) is 5.43 Å². The van der Waals surface area contributed by atoms with Crippen molar-refractivity contribution in [2.45, 2.75) is 13.8 Å². The molecule has 0 saturated carbocycles. The summed E-state index contributed by atoms with van der Waals surface area (Å²) >= 11 is 13.3. The summed E-state index contributed by atoms with van der Waals surface area (Å²) in [6.45, 7) is 3.87. The van der Waals surface area contributed by atoms with Gasteiger partial charge in [0.05, 0.1) is 20.6 Å². The molecule has 1 amide bonds. The summed E-state index contributed by atoms with van der Waals surface area (Å²) in [6, 6.07) is 8.69. The van der Waals surface area contributed by atoms with E-state index < -0.39 is 0 Å². The molecule has 1 aromatic heterocycles. The Hall–Kier alpha value is -1.36. The van der Waals surface area contributed by atoms with Gasteiger partial charge in [-0.05, 0) is 44.2 Å². The Morgan fingerprint density at radius 1 is 1.20 bits per heavy atom. The van der Waals surface area contributed by atoms with Gasteiger partial charge in [0.2, 0.25) is 0 Å². The Morgan fingerprint density at radius 2 is 1.95 bits per heavy atom. The first-order valence-electron chi connectivity index (χ1n) is 5.84. The zero-order valence-corrected chi connectivity index (χ0v) is 13.2. The van der Waals surface area contributed by atoms with Crippen molar-refractivity contribution in [3.63, 3.8) is 0 Å². The van der Waals surface area contributed by atoms with Crippen LogP contribution in [0.1, 0.15) is 27.0 Å². The van der Waals surface area contributed by atoms with E-state index in [2.05, 4.69) is 10.5 Å². The van der Waals surface area contributed by atoms with Gasteiger partial charge in [-0.15, -0.1) is 11.3 Å². The van der Waals surface area contributed by atoms with Crippen molar-refractivity contribution in [3.05, 3.63) is 55.7 Å². The first-order chi connectivity index (χ1) is 9.47. The number of nitrogens with one attached hydrogen (secondary N) is 1. The molecule has 0 fully saturated rings. The highest BCUT2D eigenvalue weighted by Crippen LogP contribution is 2.22. The van der Waals surface area contributed by atoms with Crippen molar-refractivity contribution in [2.24, 2.45) is 5.10 Å². The van der Waals surface area contributed by atoms with Gasteiger partial charge < -0.3 is 0 Å². The van der Waals surface area contributed by atoms with Crippen molar-refractivity contribution in [1.82, 2.24) is 5.43 Å². The minimum absolute atomic E-state index is 0.323. The molecular weight excluding hydrogens is 315 g/mol. The summed E-state index contributed by atoms with van der Waals surface area (Å²) in [5.41, 5.74) is 3.68. The third-order valence-corrected chi connectivity index (χ3v) is 4.45. The quantitative estimate of drug-likeness (QED) is 0.654. The van der Waals surface area contributed by atoms with Crippen molar-refractivity contribution in [2.75, 3.05) is 0 Å². The second-order valence-electron chi connectivity index (χ2n) is 4.18. The minimum atomic E-state index is -0.323. The Morgan fingerprint density at radius 3 is 2.55 bits per heavy atom. The largest absolute Gasteiger partial charge is 0.271 e. The fourth-order valence-electron chi connectivity index (χ4n) is 1.52. The van der Waals surface area contributed by atoms with Crippen molar-refractivity contribution in [1.29, 1.82) is 0 Å². The number of amides is 1. The lowest BCUT2D eigenvalue weighted by molar-refractivity contribution is 0.0955. The van der Waals surface area contributed by atoms with Crippen LogP contribution in [0.5, 0.6) is 0 Å². The molecule has 0 unspecified atom stereocenters. The lowest BCUT2D eigenvalue weighted by Gasteiger charge is -2.03. The number of hydrogen-bond donors (Lipinski definition) is 1. The highest BCUT2D eigenvalue weighted by atomic mass is 35.5. The van der Waals surface area contributed by atoms with E-state index in [1.165, 1.54) is 10.9 Å². The molecule has 0 aliphatic carbocycles. The van der Waals surface area contributed by atoms with E-state index in [0.29, 0.717) is 15.6 Å². The summed E-state index contributed by atoms with van der Waals surface area (Å²) in [7, 11) is 0. The molecule has 0 saturated heterocycles. The van der Waals surface area contributed by atoms with Crippen LogP contribution < -0.4 is 5.43 Å². The van der Waals surface area contributed by atoms with Gasteiger partial charge in [0.1, 0.15) is 0 Å². The van der Waals surface area contributed by atoms with E-state index in [1.54, 1.807) is 23.5 Å². The highest BCUT2D eigenvalue weighted by molar-refractivity contribution is 7.14. The lowest BCUT2D eigenvalue weighted by Crippen LogP contribution is -2.19. The number of hydrazone groups is 1. The molecule has 0 bridgehead atoms. The van der Waals surface area contributed by atoms with Gasteiger partial charge in [-0.2, -0.15) is 5.10 Å². The van der Waals surface area contributed by atoms with Crippen LogP contribution in [0, 0.1) is 6.92 Å². The molecule has 1 heterocycles. The Labute approximate surface area is 131 Å². The molecule has 0 spiro atoms. The number of thiophene rings is 1. The molecule has 0 aliphatic heterocycles. The van der Waals surface area contributed by atoms with E-state index in [0.717, 1.165) is 10.6 Å². The third kappa shape index (κ3) is 3.60. The molecule has 0 aliphatic rings. The molecule has 6 heteroatoms. The lowest BCUT2D eigenvalue weighted by atomic mass is 10.2. The van der Waals surface area contributed by atoms with Gasteiger partial charge in [-0.3, -0.25) is 4.79 Å². The Balaban J connectivity index is 2.09. The molecule has 1 N–H and O–H groups in total. The maximum atomic E-state index is 11.9. The molecular formula is C14H12Cl2N2OS. The maximum Gasteiger partial charge on any atom is 0.271 e. The van der Waals surface area contributed by atoms with Crippen molar-refractivity contribution < 1.29 is 4.79 Å². The van der Waals surface area contributed by atoms with Crippen LogP contribution in [0.3, 0.4) is 0 Å². The zero-order valence-electron chi connectivity index (χ0n) is 10.9. The monoisotopic (exact) mass is 326 g/mol. The van der Waals surface area contributed by atoms with Crippen molar-refractivity contribution in [3.8, 4) is 0 Å². The number of rotatable bonds is 3. The van der Waals surface area contributed by atoms with Gasteiger partial charge >= 0.3 is 0 Å². The van der Waals surface area contributed by atoms with Crippen LogP contribution in [0.15, 0.2) is 35.4 Å². The van der Waals surface area contributed by atoms with Crippen LogP contribution >= 0.6 is 34.5 Å². The summed E-state index contributed by atoms with van der Waals surface area (Å²) in [5.74, 6) is -0.323. The van der Waals surface area contributed by atoms with E-state index in [1.807, 2.05) is 26.0 Å². The Kier molecular flexibility index (Phi) is 4.81. The van der Waals surface area contributed by atoms with Crippen LogP contribution in [0.25, 0.3) is 0 Å². The topological polar surface area (TPSA) is 41.5 Å². The third-order valence-electron chi connectivity index (χ3n) is 2.60. The molecule has 104 valence electrons. The molecule has 20 heavy (non-hydrogen) atoms. The number of benzene rings is 1. The second kappa shape index (κ2) is 6.39. The molecule has 2 aromatic rings. The fourth-order valence-corrected chi connectivity index (χ4v) is 2.63. The summed E-state index contributed by atoms with van der Waals surface area (Å²) in [5, 5.41) is 4.84. The van der Waals surface area contributed by atoms with E-state index >= 15 is 0 Å². The summed E-state index contributed by atoms with van der Waals surface area (Å²) < 4.78 is 0. The highest BCUT2D eigenvalue weighted by Gasteiger charge is 2.08. The van der Waals surface area contributed by atoms with Crippen LogP contribution in [-0.4, -0.2) is 11.6 Å². The number of carbonyl (C=O) groups excluding carboxylic acids is 1. The van der Waals surface area contributed by atoms with Crippen molar-refractivity contribution >= 4 is 46.2 Å². The Bertz CT molecular complexity index is 680. The molecule has 0 radical (unpaired) electrons. The number of aryl methyl sites for hydroxylation is 1. The zero-order chi connectivity index (χ0) is 14.7. The molecule has 1 aromatic carbocycles. The number of halogens is 2. The summed E-state index contributed by atoms with van der Waals surface area (Å²) in [4.78, 5) is 14.2. The average molecular weight is 327 g/mol. The van der Waals surface area contributed by atoms with E-state index in [4.69, 9.17) is 23.2 Å². The minimum Gasteiger partial charge on any atom is -0.267 e. The standard InChI is InChI=1S/C14H12Cl2N2OS/c1-8-3-6-13(20-8)9(2)17-18-14(19)10-4-5-11(15)12(16)7-10/h3-7H,1-2H3,(H,18,19)/b17-9+. The van der Waals surface area contributed by atoms with E-state index in [-0.39, 0.29) is 5.91 Å².